The Bertz CT molecular complexity index is 259. The summed E-state index contributed by atoms with van der Waals surface area (Å²) in [4.78, 5) is 2.01. The van der Waals surface area contributed by atoms with E-state index in [1.54, 1.807) is 6.08 Å². The molecule has 0 N–H and O–H groups in total. The van der Waals surface area contributed by atoms with Gasteiger partial charge >= 0.3 is 6.36 Å². The summed E-state index contributed by atoms with van der Waals surface area (Å²) in [5, 5.41) is 0. The zero-order chi connectivity index (χ0) is 13.3. The molecule has 0 unspecified atom stereocenters. The topological polar surface area (TPSA) is 12.5 Å². The molecule has 0 amide bonds. The molecule has 0 spiro atoms. The van der Waals surface area contributed by atoms with Gasteiger partial charge in [0.05, 0.1) is 6.61 Å². The normalized spacial score (nSPS) is 13.4. The van der Waals surface area contributed by atoms with Gasteiger partial charge in [0.1, 0.15) is 0 Å². The third-order valence-electron chi connectivity index (χ3n) is 2.22. The summed E-state index contributed by atoms with van der Waals surface area (Å²) >= 11 is 0. The van der Waals surface area contributed by atoms with Gasteiger partial charge in [0.15, 0.2) is 0 Å². The average molecular weight is 251 g/mol. The summed E-state index contributed by atoms with van der Waals surface area (Å²) in [6.07, 6.45) is 2.45. The maximum atomic E-state index is 11.7. The third kappa shape index (κ3) is 8.80. The number of rotatable bonds is 7. The Hall–Kier alpha value is -0.970. The van der Waals surface area contributed by atoms with Crippen LogP contribution in [-0.2, 0) is 4.74 Å². The van der Waals surface area contributed by atoms with Gasteiger partial charge in [-0.25, -0.2) is 0 Å². The third-order valence-corrected chi connectivity index (χ3v) is 2.22. The lowest BCUT2D eigenvalue weighted by Gasteiger charge is -2.19. The minimum Gasteiger partial charge on any atom is -0.375 e. The van der Waals surface area contributed by atoms with Gasteiger partial charge in [-0.15, -0.1) is 13.2 Å². The zero-order valence-electron chi connectivity index (χ0n) is 10.5. The minimum atomic E-state index is -4.56. The number of ether oxygens (including phenoxy) is 1. The monoisotopic (exact) mass is 251 g/mol. The van der Waals surface area contributed by atoms with Crippen molar-refractivity contribution >= 4 is 0 Å². The number of hydrogen-bond acceptors (Lipinski definition) is 2. The van der Waals surface area contributed by atoms with E-state index in [-0.39, 0.29) is 0 Å². The molecular weight excluding hydrogens is 231 g/mol. The predicted molar refractivity (Wildman–Crippen MR) is 62.4 cm³/mol. The van der Waals surface area contributed by atoms with E-state index in [0.29, 0.717) is 0 Å². The molecule has 5 heteroatoms. The Morgan fingerprint density at radius 1 is 1.35 bits per heavy atom. The number of nitrogens with zero attached hydrogens (tertiary/aromatic N) is 1. The van der Waals surface area contributed by atoms with Crippen LogP contribution < -0.4 is 0 Å². The first-order valence-electron chi connectivity index (χ1n) is 5.65. The van der Waals surface area contributed by atoms with Crippen molar-refractivity contribution in [1.29, 1.82) is 0 Å². The SMILES string of the molecule is C/C=C(\C=C/COC(F)(F)F)N(C)CCCC. The lowest BCUT2D eigenvalue weighted by molar-refractivity contribution is -0.319. The van der Waals surface area contributed by atoms with E-state index in [0.717, 1.165) is 25.1 Å². The summed E-state index contributed by atoms with van der Waals surface area (Å²) in [5.41, 5.74) is 0.893. The fraction of sp³-hybridized carbons (Fsp3) is 0.667. The molecule has 0 aromatic carbocycles. The summed E-state index contributed by atoms with van der Waals surface area (Å²) in [5.74, 6) is 0. The van der Waals surface area contributed by atoms with E-state index in [4.69, 9.17) is 0 Å². The lowest BCUT2D eigenvalue weighted by Crippen LogP contribution is -2.18. The van der Waals surface area contributed by atoms with Crippen molar-refractivity contribution in [1.82, 2.24) is 4.90 Å². The van der Waals surface area contributed by atoms with Crippen molar-refractivity contribution < 1.29 is 17.9 Å². The van der Waals surface area contributed by atoms with Crippen LogP contribution in [-0.4, -0.2) is 31.5 Å². The standard InChI is InChI=1S/C12H20F3NO/c1-4-6-9-16(3)11(5-2)8-7-10-17-12(13,14)15/h5,7-8H,4,6,9-10H2,1-3H3/b8-7-,11-5+. The minimum absolute atomic E-state index is 0.456. The van der Waals surface area contributed by atoms with Crippen LogP contribution in [0.5, 0.6) is 0 Å². The quantitative estimate of drug-likeness (QED) is 0.639. The fourth-order valence-corrected chi connectivity index (χ4v) is 1.28. The molecule has 0 aromatic rings. The van der Waals surface area contributed by atoms with Crippen molar-refractivity contribution in [2.45, 2.75) is 33.1 Å². The predicted octanol–water partition coefficient (Wildman–Crippen LogP) is 3.71. The van der Waals surface area contributed by atoms with Crippen LogP contribution in [0.4, 0.5) is 13.2 Å². The number of halogens is 3. The Kier molecular flexibility index (Phi) is 7.70. The highest BCUT2D eigenvalue weighted by atomic mass is 19.4. The number of hydrogen-bond donors (Lipinski definition) is 0. The second-order valence-electron chi connectivity index (χ2n) is 3.65. The van der Waals surface area contributed by atoms with Crippen molar-refractivity contribution in [3.8, 4) is 0 Å². The fourth-order valence-electron chi connectivity index (χ4n) is 1.28. The number of alkyl halides is 3. The van der Waals surface area contributed by atoms with E-state index >= 15 is 0 Å². The highest BCUT2D eigenvalue weighted by Gasteiger charge is 2.27. The first-order valence-corrected chi connectivity index (χ1v) is 5.65. The largest absolute Gasteiger partial charge is 0.522 e. The van der Waals surface area contributed by atoms with Crippen LogP contribution in [0.1, 0.15) is 26.7 Å². The van der Waals surface area contributed by atoms with Gasteiger partial charge < -0.3 is 4.90 Å². The highest BCUT2D eigenvalue weighted by Crippen LogP contribution is 2.15. The van der Waals surface area contributed by atoms with Crippen molar-refractivity contribution in [3.05, 3.63) is 23.9 Å². The van der Waals surface area contributed by atoms with Gasteiger partial charge in [0.25, 0.3) is 0 Å². The molecule has 0 fully saturated rings. The van der Waals surface area contributed by atoms with Crippen LogP contribution in [0.25, 0.3) is 0 Å². The molecule has 0 atom stereocenters. The van der Waals surface area contributed by atoms with Gasteiger partial charge in [-0.05, 0) is 19.4 Å². The molecule has 0 aliphatic heterocycles. The molecule has 0 heterocycles. The molecule has 0 bridgehead atoms. The molecule has 2 nitrogen and oxygen atoms in total. The lowest BCUT2D eigenvalue weighted by atomic mass is 10.3. The maximum absolute atomic E-state index is 11.7. The van der Waals surface area contributed by atoms with Crippen molar-refractivity contribution in [2.24, 2.45) is 0 Å². The second kappa shape index (κ2) is 8.17. The molecule has 0 saturated heterocycles. The van der Waals surface area contributed by atoms with E-state index in [1.807, 2.05) is 24.9 Å². The van der Waals surface area contributed by atoms with E-state index in [9.17, 15) is 13.2 Å². The van der Waals surface area contributed by atoms with Crippen LogP contribution in [0.3, 0.4) is 0 Å². The Morgan fingerprint density at radius 3 is 2.47 bits per heavy atom. The summed E-state index contributed by atoms with van der Waals surface area (Å²) in [6.45, 7) is 4.38. The van der Waals surface area contributed by atoms with Gasteiger partial charge in [-0.1, -0.05) is 25.5 Å². The molecule has 100 valence electrons. The number of likely N-dealkylation sites (N-methyl/N-ethyl adjacent to an activating group) is 1. The summed E-state index contributed by atoms with van der Waals surface area (Å²) in [6, 6.07) is 0. The summed E-state index contributed by atoms with van der Waals surface area (Å²) < 4.78 is 38.8. The van der Waals surface area contributed by atoms with Gasteiger partial charge in [0, 0.05) is 19.3 Å². The molecular formula is C12H20F3NO. The Balaban J connectivity index is 4.09. The van der Waals surface area contributed by atoms with E-state index in [2.05, 4.69) is 11.7 Å². The Morgan fingerprint density at radius 2 is 2.00 bits per heavy atom. The molecule has 17 heavy (non-hydrogen) atoms. The second-order valence-corrected chi connectivity index (χ2v) is 3.65. The zero-order valence-corrected chi connectivity index (χ0v) is 10.5. The summed E-state index contributed by atoms with van der Waals surface area (Å²) in [7, 11) is 1.92. The van der Waals surface area contributed by atoms with Crippen LogP contribution >= 0.6 is 0 Å². The number of unbranched alkanes of at least 4 members (excludes halogenated alkanes) is 1. The van der Waals surface area contributed by atoms with Gasteiger partial charge in [0.2, 0.25) is 0 Å². The van der Waals surface area contributed by atoms with E-state index in [1.165, 1.54) is 6.08 Å². The van der Waals surface area contributed by atoms with Crippen LogP contribution in [0, 0.1) is 0 Å². The molecule has 0 aliphatic carbocycles. The first-order chi connectivity index (χ1) is 7.90. The molecule has 0 aliphatic rings. The smallest absolute Gasteiger partial charge is 0.375 e. The average Bonchev–Trinajstić information content (AvgIpc) is 2.24. The van der Waals surface area contributed by atoms with E-state index < -0.39 is 13.0 Å². The van der Waals surface area contributed by atoms with Gasteiger partial charge in [-0.3, -0.25) is 4.74 Å². The first kappa shape index (κ1) is 16.0. The van der Waals surface area contributed by atoms with Gasteiger partial charge in [-0.2, -0.15) is 0 Å². The van der Waals surface area contributed by atoms with Crippen molar-refractivity contribution in [3.63, 3.8) is 0 Å². The highest BCUT2D eigenvalue weighted by molar-refractivity contribution is 5.16. The molecule has 0 saturated carbocycles. The molecule has 0 aromatic heterocycles. The molecule has 0 rings (SSSR count). The van der Waals surface area contributed by atoms with Crippen LogP contribution in [0.2, 0.25) is 0 Å². The van der Waals surface area contributed by atoms with Crippen LogP contribution in [0.15, 0.2) is 23.9 Å². The number of allylic oxidation sites excluding steroid dienone is 2. The molecule has 0 radical (unpaired) electrons. The van der Waals surface area contributed by atoms with Crippen molar-refractivity contribution in [2.75, 3.05) is 20.2 Å². The Labute approximate surface area is 101 Å². The maximum Gasteiger partial charge on any atom is 0.522 e.